The molecule has 0 saturated carbocycles. The van der Waals surface area contributed by atoms with E-state index < -0.39 is 0 Å². The number of para-hydroxylation sites is 1. The summed E-state index contributed by atoms with van der Waals surface area (Å²) in [5.41, 5.74) is 11.8. The fourth-order valence-corrected chi connectivity index (χ4v) is 7.67. The van der Waals surface area contributed by atoms with E-state index in [2.05, 4.69) is 137 Å². The van der Waals surface area contributed by atoms with E-state index >= 15 is 0 Å². The molecule has 0 amide bonds. The first-order valence-corrected chi connectivity index (χ1v) is 14.9. The van der Waals surface area contributed by atoms with Gasteiger partial charge in [0.2, 0.25) is 0 Å². The lowest BCUT2D eigenvalue weighted by molar-refractivity contribution is 0.355. The van der Waals surface area contributed by atoms with Crippen LogP contribution in [0, 0.1) is 0 Å². The SMILES string of the molecule is N[C@@H](c1ccccc1)C(NCc1ccccc1)n1c2ccccc2c2c3ccc4c5ccccc5sc4c3ccc21. The van der Waals surface area contributed by atoms with Crippen LogP contribution in [-0.2, 0) is 6.54 Å². The molecule has 2 heterocycles. The second-order valence-electron chi connectivity index (χ2n) is 10.7. The Hall–Kier alpha value is -4.48. The molecule has 2 aromatic heterocycles. The monoisotopic (exact) mass is 547 g/mol. The van der Waals surface area contributed by atoms with Crippen molar-refractivity contribution in [2.45, 2.75) is 18.8 Å². The molecular weight excluding hydrogens is 518 g/mol. The van der Waals surface area contributed by atoms with E-state index in [1.807, 2.05) is 17.4 Å². The fourth-order valence-electron chi connectivity index (χ4n) is 6.44. The van der Waals surface area contributed by atoms with Gasteiger partial charge in [-0.15, -0.1) is 11.3 Å². The zero-order valence-electron chi connectivity index (χ0n) is 22.5. The quantitative estimate of drug-likeness (QED) is 0.218. The zero-order valence-corrected chi connectivity index (χ0v) is 23.3. The van der Waals surface area contributed by atoms with Crippen LogP contribution < -0.4 is 11.1 Å². The van der Waals surface area contributed by atoms with Gasteiger partial charge in [-0.05, 0) is 34.7 Å². The van der Waals surface area contributed by atoms with Gasteiger partial charge in [0.05, 0.1) is 17.1 Å². The molecular formula is C37H29N3S. The molecule has 8 rings (SSSR count). The van der Waals surface area contributed by atoms with Crippen molar-refractivity contribution >= 4 is 64.1 Å². The molecule has 3 nitrogen and oxygen atoms in total. The number of hydrogen-bond acceptors (Lipinski definition) is 3. The molecule has 0 fully saturated rings. The maximum absolute atomic E-state index is 7.13. The highest BCUT2D eigenvalue weighted by Gasteiger charge is 2.26. The molecule has 3 N–H and O–H groups in total. The predicted molar refractivity (Wildman–Crippen MR) is 176 cm³/mol. The number of rotatable bonds is 6. The third-order valence-electron chi connectivity index (χ3n) is 8.37. The summed E-state index contributed by atoms with van der Waals surface area (Å²) in [6.45, 7) is 0.718. The van der Waals surface area contributed by atoms with E-state index in [0.717, 1.165) is 12.1 Å². The summed E-state index contributed by atoms with van der Waals surface area (Å²) in [7, 11) is 0. The van der Waals surface area contributed by atoms with Crippen molar-refractivity contribution in [1.82, 2.24) is 9.88 Å². The van der Waals surface area contributed by atoms with Crippen LogP contribution in [0.4, 0.5) is 0 Å². The maximum Gasteiger partial charge on any atom is 0.104 e. The largest absolute Gasteiger partial charge is 0.322 e. The van der Waals surface area contributed by atoms with Gasteiger partial charge in [0.1, 0.15) is 6.17 Å². The van der Waals surface area contributed by atoms with Gasteiger partial charge in [-0.1, -0.05) is 115 Å². The Labute approximate surface area is 242 Å². The Kier molecular flexibility index (Phi) is 5.85. The molecule has 0 aliphatic rings. The molecule has 0 aliphatic heterocycles. The van der Waals surface area contributed by atoms with E-state index in [-0.39, 0.29) is 12.2 Å². The minimum atomic E-state index is -0.250. The predicted octanol–water partition coefficient (Wildman–Crippen LogP) is 9.30. The average Bonchev–Trinajstić information content (AvgIpc) is 3.58. The van der Waals surface area contributed by atoms with Gasteiger partial charge in [-0.2, -0.15) is 0 Å². The van der Waals surface area contributed by atoms with Crippen LogP contribution in [0.15, 0.2) is 133 Å². The number of nitrogens with one attached hydrogen (secondary N) is 1. The Morgan fingerprint density at radius 1 is 0.585 bits per heavy atom. The smallest absolute Gasteiger partial charge is 0.104 e. The summed E-state index contributed by atoms with van der Waals surface area (Å²) in [6.07, 6.45) is -0.162. The normalized spacial score (nSPS) is 13.5. The Morgan fingerprint density at radius 2 is 1.22 bits per heavy atom. The van der Waals surface area contributed by atoms with Gasteiger partial charge in [-0.25, -0.2) is 0 Å². The van der Waals surface area contributed by atoms with Crippen molar-refractivity contribution in [1.29, 1.82) is 0 Å². The van der Waals surface area contributed by atoms with Gasteiger partial charge in [0.25, 0.3) is 0 Å². The van der Waals surface area contributed by atoms with Crippen molar-refractivity contribution in [2.24, 2.45) is 5.73 Å². The summed E-state index contributed by atoms with van der Waals surface area (Å²) in [5, 5.41) is 11.6. The summed E-state index contributed by atoms with van der Waals surface area (Å²) < 4.78 is 5.11. The molecule has 0 spiro atoms. The van der Waals surface area contributed by atoms with E-state index in [1.54, 1.807) is 0 Å². The second kappa shape index (κ2) is 9.86. The van der Waals surface area contributed by atoms with Crippen molar-refractivity contribution in [2.75, 3.05) is 0 Å². The van der Waals surface area contributed by atoms with Crippen molar-refractivity contribution < 1.29 is 0 Å². The van der Waals surface area contributed by atoms with E-state index in [9.17, 15) is 0 Å². The van der Waals surface area contributed by atoms with Crippen LogP contribution in [0.5, 0.6) is 0 Å². The highest BCUT2D eigenvalue weighted by molar-refractivity contribution is 7.26. The summed E-state index contributed by atoms with van der Waals surface area (Å²) in [4.78, 5) is 0. The molecule has 0 radical (unpaired) electrons. The third-order valence-corrected chi connectivity index (χ3v) is 9.59. The summed E-state index contributed by atoms with van der Waals surface area (Å²) in [5.74, 6) is 0. The van der Waals surface area contributed by atoms with Gasteiger partial charge in [-0.3, -0.25) is 5.32 Å². The van der Waals surface area contributed by atoms with Gasteiger partial charge < -0.3 is 10.3 Å². The standard InChI is InChI=1S/C37H29N3S/c38-35(25-13-5-2-6-14-25)37(39-23-24-11-3-1-4-12-24)40-31-17-9-7-16-30(31)34-27-19-20-28-26-15-8-10-18-33(26)41-36(28)29(27)21-22-32(34)40/h1-22,35,37,39H,23,38H2/t35-,37?/m0/s1. The molecule has 198 valence electrons. The first-order valence-electron chi connectivity index (χ1n) is 14.1. The van der Waals surface area contributed by atoms with E-state index in [4.69, 9.17) is 5.73 Å². The third kappa shape index (κ3) is 3.95. The van der Waals surface area contributed by atoms with Crippen LogP contribution in [-0.4, -0.2) is 4.57 Å². The zero-order chi connectivity index (χ0) is 27.3. The van der Waals surface area contributed by atoms with Crippen molar-refractivity contribution in [3.05, 3.63) is 145 Å². The maximum atomic E-state index is 7.13. The molecule has 0 saturated heterocycles. The highest BCUT2D eigenvalue weighted by Crippen LogP contribution is 2.43. The molecule has 1 unspecified atom stereocenters. The summed E-state index contributed by atoms with van der Waals surface area (Å²) in [6, 6.07) is 47.5. The minimum absolute atomic E-state index is 0.162. The molecule has 6 aromatic carbocycles. The Bertz CT molecular complexity index is 2180. The number of aromatic nitrogens is 1. The average molecular weight is 548 g/mol. The molecule has 0 aliphatic carbocycles. The number of nitrogens with two attached hydrogens (primary N) is 1. The highest BCUT2D eigenvalue weighted by atomic mass is 32.1. The molecule has 4 heteroatoms. The topological polar surface area (TPSA) is 43.0 Å². The van der Waals surface area contributed by atoms with Crippen molar-refractivity contribution in [3.8, 4) is 0 Å². The van der Waals surface area contributed by atoms with Crippen LogP contribution in [0.1, 0.15) is 23.3 Å². The number of thiophene rings is 1. The fraction of sp³-hybridized carbons (Fsp3) is 0.0811. The lowest BCUT2D eigenvalue weighted by Crippen LogP contribution is -2.35. The lowest BCUT2D eigenvalue weighted by Gasteiger charge is -2.29. The number of benzene rings is 6. The molecule has 0 bridgehead atoms. The second-order valence-corrected chi connectivity index (χ2v) is 11.8. The van der Waals surface area contributed by atoms with Crippen LogP contribution in [0.25, 0.3) is 52.8 Å². The summed E-state index contributed by atoms with van der Waals surface area (Å²) >= 11 is 1.89. The van der Waals surface area contributed by atoms with Crippen molar-refractivity contribution in [3.63, 3.8) is 0 Å². The van der Waals surface area contributed by atoms with Crippen LogP contribution >= 0.6 is 11.3 Å². The molecule has 8 aromatic rings. The first kappa shape index (κ1) is 24.3. The van der Waals surface area contributed by atoms with Crippen LogP contribution in [0.2, 0.25) is 0 Å². The molecule has 41 heavy (non-hydrogen) atoms. The molecule has 2 atom stereocenters. The number of fused-ring (bicyclic) bond motifs is 9. The van der Waals surface area contributed by atoms with E-state index in [1.165, 1.54) is 58.3 Å². The minimum Gasteiger partial charge on any atom is -0.322 e. The Morgan fingerprint density at radius 3 is 2.05 bits per heavy atom. The number of hydrogen-bond donors (Lipinski definition) is 2. The van der Waals surface area contributed by atoms with Gasteiger partial charge >= 0.3 is 0 Å². The van der Waals surface area contributed by atoms with E-state index in [0.29, 0.717) is 0 Å². The lowest BCUT2D eigenvalue weighted by atomic mass is 10.0. The first-order chi connectivity index (χ1) is 20.3. The van der Waals surface area contributed by atoms with Gasteiger partial charge in [0.15, 0.2) is 0 Å². The van der Waals surface area contributed by atoms with Crippen LogP contribution in [0.3, 0.4) is 0 Å². The number of nitrogens with zero attached hydrogens (tertiary/aromatic N) is 1. The Balaban J connectivity index is 1.38. The van der Waals surface area contributed by atoms with Gasteiger partial charge in [0, 0.05) is 42.9 Å².